The number of fused-ring (bicyclic) bond motifs is 1. The van der Waals surface area contributed by atoms with E-state index in [2.05, 4.69) is 81.7 Å². The highest BCUT2D eigenvalue weighted by molar-refractivity contribution is 9.10. The highest BCUT2D eigenvalue weighted by Gasteiger charge is 2.07. The molecule has 0 aliphatic heterocycles. The van der Waals surface area contributed by atoms with Crippen molar-refractivity contribution in [3.8, 4) is 0 Å². The first-order chi connectivity index (χ1) is 9.74. The quantitative estimate of drug-likeness (QED) is 0.718. The molecule has 1 heterocycles. The van der Waals surface area contributed by atoms with Gasteiger partial charge in [-0.25, -0.2) is 0 Å². The van der Waals surface area contributed by atoms with Crippen LogP contribution in [-0.4, -0.2) is 4.98 Å². The Labute approximate surface area is 127 Å². The van der Waals surface area contributed by atoms with Gasteiger partial charge in [-0.2, -0.15) is 0 Å². The van der Waals surface area contributed by atoms with Gasteiger partial charge in [0.25, 0.3) is 0 Å². The number of halogens is 1. The molecule has 0 aliphatic carbocycles. The molecule has 0 saturated carbocycles. The molecule has 2 nitrogen and oxygen atoms in total. The van der Waals surface area contributed by atoms with Crippen molar-refractivity contribution in [3.63, 3.8) is 0 Å². The second kappa shape index (κ2) is 5.63. The highest BCUT2D eigenvalue weighted by atomic mass is 79.9. The second-order valence-corrected chi connectivity index (χ2v) is 5.71. The average molecular weight is 327 g/mol. The summed E-state index contributed by atoms with van der Waals surface area (Å²) in [5, 5.41) is 4.70. The number of benzene rings is 2. The van der Waals surface area contributed by atoms with E-state index in [0.29, 0.717) is 0 Å². The van der Waals surface area contributed by atoms with Crippen molar-refractivity contribution in [3.05, 3.63) is 70.8 Å². The molecule has 20 heavy (non-hydrogen) atoms. The molecule has 3 rings (SSSR count). The van der Waals surface area contributed by atoms with Crippen LogP contribution in [0.25, 0.3) is 10.9 Å². The second-order valence-electron chi connectivity index (χ2n) is 4.80. The Kier molecular flexibility index (Phi) is 3.70. The van der Waals surface area contributed by atoms with Crippen molar-refractivity contribution in [2.75, 3.05) is 5.32 Å². The van der Waals surface area contributed by atoms with E-state index in [0.717, 1.165) is 21.1 Å². The van der Waals surface area contributed by atoms with E-state index in [1.165, 1.54) is 5.56 Å². The Morgan fingerprint density at radius 1 is 1.00 bits per heavy atom. The van der Waals surface area contributed by atoms with Gasteiger partial charge in [-0.05, 0) is 36.8 Å². The molecule has 1 unspecified atom stereocenters. The van der Waals surface area contributed by atoms with Crippen LogP contribution in [0.5, 0.6) is 0 Å². The molecular weight excluding hydrogens is 312 g/mol. The van der Waals surface area contributed by atoms with Gasteiger partial charge in [0, 0.05) is 22.1 Å². The smallest absolute Gasteiger partial charge is 0.0933 e. The van der Waals surface area contributed by atoms with E-state index in [1.807, 2.05) is 12.3 Å². The largest absolute Gasteiger partial charge is 0.377 e. The molecule has 3 aromatic rings. The Bertz CT molecular complexity index is 717. The fourth-order valence-electron chi connectivity index (χ4n) is 2.29. The van der Waals surface area contributed by atoms with Gasteiger partial charge in [-0.15, -0.1) is 0 Å². The van der Waals surface area contributed by atoms with Crippen LogP contribution in [0, 0.1) is 0 Å². The van der Waals surface area contributed by atoms with E-state index in [4.69, 9.17) is 0 Å². The van der Waals surface area contributed by atoms with Gasteiger partial charge in [0.1, 0.15) is 0 Å². The van der Waals surface area contributed by atoms with E-state index >= 15 is 0 Å². The third-order valence-corrected chi connectivity index (χ3v) is 3.90. The number of anilines is 1. The summed E-state index contributed by atoms with van der Waals surface area (Å²) in [7, 11) is 0. The number of hydrogen-bond donors (Lipinski definition) is 1. The standard InChI is InChI=1S/C17H15BrN2/c1-12(13-7-9-15(18)10-8-13)20-16-6-2-4-14-5-3-11-19-17(14)16/h2-12,20H,1H3. The predicted molar refractivity (Wildman–Crippen MR) is 87.9 cm³/mol. The molecule has 1 aromatic heterocycles. The number of nitrogens with zero attached hydrogens (tertiary/aromatic N) is 1. The van der Waals surface area contributed by atoms with Crippen molar-refractivity contribution in [1.82, 2.24) is 4.98 Å². The van der Waals surface area contributed by atoms with Crippen molar-refractivity contribution in [2.24, 2.45) is 0 Å². The fourth-order valence-corrected chi connectivity index (χ4v) is 2.55. The van der Waals surface area contributed by atoms with E-state index in [9.17, 15) is 0 Å². The highest BCUT2D eigenvalue weighted by Crippen LogP contribution is 2.26. The lowest BCUT2D eigenvalue weighted by Gasteiger charge is -2.17. The number of nitrogens with one attached hydrogen (secondary N) is 1. The Morgan fingerprint density at radius 3 is 2.55 bits per heavy atom. The molecule has 0 spiro atoms. The van der Waals surface area contributed by atoms with Gasteiger partial charge < -0.3 is 5.32 Å². The van der Waals surface area contributed by atoms with E-state index in [-0.39, 0.29) is 6.04 Å². The maximum atomic E-state index is 4.47. The number of rotatable bonds is 3. The summed E-state index contributed by atoms with van der Waals surface area (Å²) in [5.41, 5.74) is 3.33. The SMILES string of the molecule is CC(Nc1cccc2cccnc12)c1ccc(Br)cc1. The number of para-hydroxylation sites is 1. The zero-order valence-electron chi connectivity index (χ0n) is 11.2. The van der Waals surface area contributed by atoms with Crippen LogP contribution in [0.1, 0.15) is 18.5 Å². The van der Waals surface area contributed by atoms with E-state index < -0.39 is 0 Å². The average Bonchev–Trinajstić information content (AvgIpc) is 2.48. The number of aromatic nitrogens is 1. The third-order valence-electron chi connectivity index (χ3n) is 3.37. The summed E-state index contributed by atoms with van der Waals surface area (Å²) in [6, 6.07) is 18.9. The van der Waals surface area contributed by atoms with Crippen LogP contribution in [0.15, 0.2) is 65.3 Å². The topological polar surface area (TPSA) is 24.9 Å². The molecule has 3 heteroatoms. The molecule has 0 aliphatic rings. The zero-order chi connectivity index (χ0) is 13.9. The maximum absolute atomic E-state index is 4.47. The summed E-state index contributed by atoms with van der Waals surface area (Å²) in [5.74, 6) is 0. The maximum Gasteiger partial charge on any atom is 0.0933 e. The van der Waals surface area contributed by atoms with Gasteiger partial charge in [-0.3, -0.25) is 4.98 Å². The summed E-state index contributed by atoms with van der Waals surface area (Å²) in [4.78, 5) is 4.47. The minimum Gasteiger partial charge on any atom is -0.377 e. The molecule has 0 bridgehead atoms. The molecular formula is C17H15BrN2. The van der Waals surface area contributed by atoms with Crippen LogP contribution in [0.2, 0.25) is 0 Å². The lowest BCUT2D eigenvalue weighted by Crippen LogP contribution is -2.07. The van der Waals surface area contributed by atoms with Crippen LogP contribution in [-0.2, 0) is 0 Å². The van der Waals surface area contributed by atoms with Gasteiger partial charge >= 0.3 is 0 Å². The third kappa shape index (κ3) is 2.68. The molecule has 1 N–H and O–H groups in total. The van der Waals surface area contributed by atoms with Crippen molar-refractivity contribution in [2.45, 2.75) is 13.0 Å². The number of pyridine rings is 1. The van der Waals surface area contributed by atoms with Gasteiger partial charge in [-0.1, -0.05) is 46.3 Å². The lowest BCUT2D eigenvalue weighted by molar-refractivity contribution is 0.885. The van der Waals surface area contributed by atoms with E-state index in [1.54, 1.807) is 0 Å². The fraction of sp³-hybridized carbons (Fsp3) is 0.118. The van der Waals surface area contributed by atoms with Crippen LogP contribution >= 0.6 is 15.9 Å². The van der Waals surface area contributed by atoms with Crippen LogP contribution in [0.3, 0.4) is 0 Å². The first-order valence-electron chi connectivity index (χ1n) is 6.60. The van der Waals surface area contributed by atoms with Crippen LogP contribution < -0.4 is 5.32 Å². The zero-order valence-corrected chi connectivity index (χ0v) is 12.8. The summed E-state index contributed by atoms with van der Waals surface area (Å²) in [6.07, 6.45) is 1.83. The molecule has 1 atom stereocenters. The molecule has 0 amide bonds. The number of hydrogen-bond acceptors (Lipinski definition) is 2. The summed E-state index contributed by atoms with van der Waals surface area (Å²) >= 11 is 3.46. The normalized spacial score (nSPS) is 12.3. The minimum atomic E-state index is 0.232. The Balaban J connectivity index is 1.91. The molecule has 0 fully saturated rings. The Hall–Kier alpha value is -1.87. The Morgan fingerprint density at radius 2 is 1.75 bits per heavy atom. The van der Waals surface area contributed by atoms with Crippen molar-refractivity contribution >= 4 is 32.5 Å². The van der Waals surface area contributed by atoms with Gasteiger partial charge in [0.15, 0.2) is 0 Å². The minimum absolute atomic E-state index is 0.232. The molecule has 100 valence electrons. The first-order valence-corrected chi connectivity index (χ1v) is 7.39. The van der Waals surface area contributed by atoms with Gasteiger partial charge in [0.05, 0.1) is 11.2 Å². The molecule has 0 radical (unpaired) electrons. The first kappa shape index (κ1) is 13.1. The monoisotopic (exact) mass is 326 g/mol. The van der Waals surface area contributed by atoms with Crippen molar-refractivity contribution < 1.29 is 0 Å². The molecule has 0 saturated heterocycles. The van der Waals surface area contributed by atoms with Crippen molar-refractivity contribution in [1.29, 1.82) is 0 Å². The van der Waals surface area contributed by atoms with Crippen LogP contribution in [0.4, 0.5) is 5.69 Å². The van der Waals surface area contributed by atoms with Gasteiger partial charge in [0.2, 0.25) is 0 Å². The lowest BCUT2D eigenvalue weighted by atomic mass is 10.1. The summed E-state index contributed by atoms with van der Waals surface area (Å²) in [6.45, 7) is 2.16. The predicted octanol–water partition coefficient (Wildman–Crippen LogP) is 5.17. The molecule has 2 aromatic carbocycles. The summed E-state index contributed by atoms with van der Waals surface area (Å²) < 4.78 is 1.10.